The average Bonchev–Trinajstić information content (AvgIpc) is 2.92. The van der Waals surface area contributed by atoms with Crippen molar-refractivity contribution in [3.8, 4) is 0 Å². The number of carbonyl (C=O) groups is 2. The number of carboxylic acid groups (broad SMARTS) is 1. The van der Waals surface area contributed by atoms with Crippen LogP contribution in [0, 0.1) is 0 Å². The van der Waals surface area contributed by atoms with E-state index in [1.54, 1.807) is 6.92 Å². The highest BCUT2D eigenvalue weighted by Crippen LogP contribution is 2.23. The zero-order valence-corrected chi connectivity index (χ0v) is 13.3. The highest BCUT2D eigenvalue weighted by molar-refractivity contribution is 5.73. The summed E-state index contributed by atoms with van der Waals surface area (Å²) >= 11 is 0. The molecule has 0 saturated carbocycles. The van der Waals surface area contributed by atoms with E-state index < -0.39 is 12.0 Å². The number of aliphatic carboxylic acids is 1. The Bertz CT molecular complexity index is 557. The summed E-state index contributed by atoms with van der Waals surface area (Å²) in [5.74, 6) is -0.940. The zero-order valence-electron chi connectivity index (χ0n) is 13.3. The summed E-state index contributed by atoms with van der Waals surface area (Å²) < 4.78 is 0. The van der Waals surface area contributed by atoms with Crippen LogP contribution < -0.4 is 5.32 Å². The molecule has 1 aromatic rings. The van der Waals surface area contributed by atoms with Crippen LogP contribution in [0.4, 0.5) is 0 Å². The van der Waals surface area contributed by atoms with E-state index in [0.29, 0.717) is 19.6 Å². The molecule has 5 heteroatoms. The Balaban J connectivity index is 2.04. The fourth-order valence-corrected chi connectivity index (χ4v) is 2.90. The van der Waals surface area contributed by atoms with E-state index in [9.17, 15) is 14.7 Å². The van der Waals surface area contributed by atoms with Crippen molar-refractivity contribution in [2.24, 2.45) is 0 Å². The van der Waals surface area contributed by atoms with E-state index in [1.807, 2.05) is 4.90 Å². The van der Waals surface area contributed by atoms with Crippen LogP contribution in [0.25, 0.3) is 0 Å². The molecule has 0 radical (unpaired) electrons. The van der Waals surface area contributed by atoms with Crippen LogP contribution in [0.2, 0.25) is 0 Å². The Morgan fingerprint density at radius 3 is 2.73 bits per heavy atom. The van der Waals surface area contributed by atoms with Crippen LogP contribution in [-0.4, -0.2) is 41.0 Å². The van der Waals surface area contributed by atoms with Gasteiger partial charge in [-0.3, -0.25) is 14.5 Å². The molecule has 5 nitrogen and oxygen atoms in total. The SMILES string of the molecule is CC(=O)NCCN(Cc1ccc2c(c1)CCC2)C(C)C(=O)O. The van der Waals surface area contributed by atoms with Crippen molar-refractivity contribution < 1.29 is 14.7 Å². The Morgan fingerprint density at radius 2 is 2.05 bits per heavy atom. The maximum absolute atomic E-state index is 11.3. The van der Waals surface area contributed by atoms with Gasteiger partial charge in [-0.05, 0) is 42.9 Å². The summed E-state index contributed by atoms with van der Waals surface area (Å²) in [7, 11) is 0. The lowest BCUT2D eigenvalue weighted by atomic mass is 10.1. The molecule has 0 heterocycles. The second-order valence-corrected chi connectivity index (χ2v) is 5.92. The highest BCUT2D eigenvalue weighted by Gasteiger charge is 2.21. The van der Waals surface area contributed by atoms with E-state index >= 15 is 0 Å². The Morgan fingerprint density at radius 1 is 1.32 bits per heavy atom. The van der Waals surface area contributed by atoms with E-state index in [0.717, 1.165) is 18.4 Å². The van der Waals surface area contributed by atoms with Gasteiger partial charge in [-0.1, -0.05) is 18.2 Å². The summed E-state index contributed by atoms with van der Waals surface area (Å²) in [5.41, 5.74) is 3.94. The number of carbonyl (C=O) groups excluding carboxylic acids is 1. The van der Waals surface area contributed by atoms with Gasteiger partial charge in [0, 0.05) is 26.6 Å². The molecule has 1 aliphatic rings. The molecule has 0 spiro atoms. The van der Waals surface area contributed by atoms with Crippen LogP contribution in [0.1, 0.15) is 37.0 Å². The van der Waals surface area contributed by atoms with Crippen molar-refractivity contribution in [3.05, 3.63) is 34.9 Å². The lowest BCUT2D eigenvalue weighted by Crippen LogP contribution is -2.42. The van der Waals surface area contributed by atoms with E-state index in [2.05, 4.69) is 23.5 Å². The van der Waals surface area contributed by atoms with Crippen LogP contribution in [0.3, 0.4) is 0 Å². The molecule has 0 saturated heterocycles. The molecular formula is C17H24N2O3. The van der Waals surface area contributed by atoms with Gasteiger partial charge in [-0.15, -0.1) is 0 Å². The molecule has 0 fully saturated rings. The normalized spacial score (nSPS) is 14.7. The largest absolute Gasteiger partial charge is 0.480 e. The fourth-order valence-electron chi connectivity index (χ4n) is 2.90. The summed E-state index contributed by atoms with van der Waals surface area (Å²) in [6.07, 6.45) is 3.47. The molecule has 0 bridgehead atoms. The molecule has 1 aromatic carbocycles. The molecule has 2 N–H and O–H groups in total. The number of benzene rings is 1. The van der Waals surface area contributed by atoms with E-state index in [-0.39, 0.29) is 5.91 Å². The average molecular weight is 304 g/mol. The Hall–Kier alpha value is -1.88. The number of fused-ring (bicyclic) bond motifs is 1. The Labute approximate surface area is 131 Å². The predicted octanol–water partition coefficient (Wildman–Crippen LogP) is 1.59. The first-order valence-electron chi connectivity index (χ1n) is 7.79. The number of amides is 1. The molecule has 1 aliphatic carbocycles. The quantitative estimate of drug-likeness (QED) is 0.802. The van der Waals surface area contributed by atoms with Crippen LogP contribution >= 0.6 is 0 Å². The van der Waals surface area contributed by atoms with Gasteiger partial charge in [0.1, 0.15) is 6.04 Å². The first-order valence-corrected chi connectivity index (χ1v) is 7.79. The summed E-state index contributed by atoms with van der Waals surface area (Å²) in [6, 6.07) is 5.86. The minimum Gasteiger partial charge on any atom is -0.480 e. The number of nitrogens with one attached hydrogen (secondary N) is 1. The van der Waals surface area contributed by atoms with Gasteiger partial charge in [0.05, 0.1) is 0 Å². The molecule has 1 amide bonds. The summed E-state index contributed by atoms with van der Waals surface area (Å²) in [4.78, 5) is 24.1. The third-order valence-electron chi connectivity index (χ3n) is 4.23. The molecule has 2 rings (SSSR count). The molecule has 120 valence electrons. The number of hydrogen-bond acceptors (Lipinski definition) is 3. The number of rotatable bonds is 7. The lowest BCUT2D eigenvalue weighted by molar-refractivity contribution is -0.142. The van der Waals surface area contributed by atoms with Crippen molar-refractivity contribution in [3.63, 3.8) is 0 Å². The number of nitrogens with zero attached hydrogens (tertiary/aromatic N) is 1. The smallest absolute Gasteiger partial charge is 0.320 e. The molecule has 0 aromatic heterocycles. The van der Waals surface area contributed by atoms with E-state index in [4.69, 9.17) is 0 Å². The summed E-state index contributed by atoms with van der Waals surface area (Å²) in [5, 5.41) is 12.0. The third-order valence-corrected chi connectivity index (χ3v) is 4.23. The third kappa shape index (κ3) is 4.31. The first-order chi connectivity index (χ1) is 10.5. The minimum absolute atomic E-state index is 0.0968. The highest BCUT2D eigenvalue weighted by atomic mass is 16.4. The maximum Gasteiger partial charge on any atom is 0.320 e. The van der Waals surface area contributed by atoms with E-state index in [1.165, 1.54) is 24.5 Å². The van der Waals surface area contributed by atoms with Gasteiger partial charge in [-0.25, -0.2) is 0 Å². The van der Waals surface area contributed by atoms with Crippen molar-refractivity contribution >= 4 is 11.9 Å². The van der Waals surface area contributed by atoms with Gasteiger partial charge in [-0.2, -0.15) is 0 Å². The zero-order chi connectivity index (χ0) is 16.1. The monoisotopic (exact) mass is 304 g/mol. The molecule has 1 unspecified atom stereocenters. The molecule has 0 aliphatic heterocycles. The van der Waals surface area contributed by atoms with Crippen molar-refractivity contribution in [2.45, 2.75) is 45.7 Å². The summed E-state index contributed by atoms with van der Waals surface area (Å²) in [6.45, 7) is 4.71. The first kappa shape index (κ1) is 16.5. The number of aryl methyl sites for hydroxylation is 2. The topological polar surface area (TPSA) is 69.6 Å². The van der Waals surface area contributed by atoms with Gasteiger partial charge in [0.15, 0.2) is 0 Å². The van der Waals surface area contributed by atoms with Crippen LogP contribution in [-0.2, 0) is 29.0 Å². The van der Waals surface area contributed by atoms with Gasteiger partial charge < -0.3 is 10.4 Å². The fraction of sp³-hybridized carbons (Fsp3) is 0.529. The van der Waals surface area contributed by atoms with Crippen molar-refractivity contribution in [1.82, 2.24) is 10.2 Å². The minimum atomic E-state index is -0.844. The second-order valence-electron chi connectivity index (χ2n) is 5.92. The van der Waals surface area contributed by atoms with Crippen molar-refractivity contribution in [1.29, 1.82) is 0 Å². The number of hydrogen-bond donors (Lipinski definition) is 2. The predicted molar refractivity (Wildman–Crippen MR) is 84.7 cm³/mol. The molecular weight excluding hydrogens is 280 g/mol. The standard InChI is InChI=1S/C17H24N2O3/c1-12(17(21)22)19(9-8-18-13(2)20)11-14-6-7-15-4-3-5-16(15)10-14/h6-7,10,12H,3-5,8-9,11H2,1-2H3,(H,18,20)(H,21,22). The maximum atomic E-state index is 11.3. The van der Waals surface area contributed by atoms with Crippen LogP contribution in [0.5, 0.6) is 0 Å². The molecule has 1 atom stereocenters. The molecule has 22 heavy (non-hydrogen) atoms. The number of carboxylic acids is 1. The van der Waals surface area contributed by atoms with Gasteiger partial charge >= 0.3 is 5.97 Å². The van der Waals surface area contributed by atoms with Crippen molar-refractivity contribution in [2.75, 3.05) is 13.1 Å². The second kappa shape index (κ2) is 7.40. The van der Waals surface area contributed by atoms with Gasteiger partial charge in [0.25, 0.3) is 0 Å². The Kier molecular flexibility index (Phi) is 5.55. The van der Waals surface area contributed by atoms with Crippen LogP contribution in [0.15, 0.2) is 18.2 Å². The lowest BCUT2D eigenvalue weighted by Gasteiger charge is -2.26. The van der Waals surface area contributed by atoms with Gasteiger partial charge in [0.2, 0.25) is 5.91 Å².